The van der Waals surface area contributed by atoms with Crippen LogP contribution in [0.15, 0.2) is 76.7 Å². The molecule has 5 heteroatoms. The maximum absolute atomic E-state index is 9.25. The molecule has 2 aromatic carbocycles. The first-order valence-corrected chi connectivity index (χ1v) is 7.32. The predicted molar refractivity (Wildman–Crippen MR) is 95.0 cm³/mol. The number of phenols is 2. The minimum Gasteiger partial charge on any atom is -0.508 e. The fourth-order valence-electron chi connectivity index (χ4n) is 1.97. The molecule has 3 aromatic rings. The molecule has 0 bridgehead atoms. The van der Waals surface area contributed by atoms with Crippen molar-refractivity contribution in [3.05, 3.63) is 78.1 Å². The molecule has 0 radical (unpaired) electrons. The quantitative estimate of drug-likeness (QED) is 0.714. The van der Waals surface area contributed by atoms with E-state index in [1.165, 1.54) is 0 Å². The Kier molecular flexibility index (Phi) is 4.62. The highest BCUT2D eigenvalue weighted by Crippen LogP contribution is 2.17. The maximum Gasteiger partial charge on any atom is 0.115 e. The Balaban J connectivity index is 1.74. The fourth-order valence-corrected chi connectivity index (χ4v) is 1.97. The lowest BCUT2D eigenvalue weighted by Gasteiger charge is -1.97. The Bertz CT molecular complexity index is 799. The average Bonchev–Trinajstić information content (AvgIpc) is 2.61. The first kappa shape index (κ1) is 15.4. The summed E-state index contributed by atoms with van der Waals surface area (Å²) in [5.41, 5.74) is 2.88. The van der Waals surface area contributed by atoms with E-state index in [1.807, 2.05) is 18.2 Å². The first-order valence-electron chi connectivity index (χ1n) is 7.32. The summed E-state index contributed by atoms with van der Waals surface area (Å²) in [6, 6.07) is 18.8. The van der Waals surface area contributed by atoms with Crippen LogP contribution in [0.4, 0.5) is 11.4 Å². The lowest BCUT2D eigenvalue weighted by atomic mass is 10.3. The Morgan fingerprint density at radius 3 is 1.46 bits per heavy atom. The Labute approximate surface area is 139 Å². The molecule has 0 aliphatic carbocycles. The average molecular weight is 317 g/mol. The van der Waals surface area contributed by atoms with E-state index in [-0.39, 0.29) is 11.5 Å². The van der Waals surface area contributed by atoms with Crippen molar-refractivity contribution in [2.24, 2.45) is 9.98 Å². The molecular formula is C19H15N3O2. The molecule has 3 rings (SSSR count). The molecule has 1 aromatic heterocycles. The van der Waals surface area contributed by atoms with Crippen LogP contribution in [0.3, 0.4) is 0 Å². The number of aliphatic imine (C=N–C) groups is 2. The van der Waals surface area contributed by atoms with Gasteiger partial charge in [-0.05, 0) is 60.7 Å². The monoisotopic (exact) mass is 317 g/mol. The number of nitrogens with zero attached hydrogens (tertiary/aromatic N) is 3. The van der Waals surface area contributed by atoms with Gasteiger partial charge in [0.2, 0.25) is 0 Å². The normalized spacial score (nSPS) is 11.3. The Morgan fingerprint density at radius 1 is 0.625 bits per heavy atom. The smallest absolute Gasteiger partial charge is 0.115 e. The molecule has 0 fully saturated rings. The summed E-state index contributed by atoms with van der Waals surface area (Å²) >= 11 is 0. The maximum atomic E-state index is 9.25. The third-order valence-electron chi connectivity index (χ3n) is 3.18. The highest BCUT2D eigenvalue weighted by atomic mass is 16.3. The molecular weight excluding hydrogens is 302 g/mol. The summed E-state index contributed by atoms with van der Waals surface area (Å²) in [7, 11) is 0. The van der Waals surface area contributed by atoms with Crippen LogP contribution in [-0.2, 0) is 0 Å². The van der Waals surface area contributed by atoms with E-state index in [0.29, 0.717) is 11.4 Å². The minimum atomic E-state index is 0.208. The van der Waals surface area contributed by atoms with Gasteiger partial charge >= 0.3 is 0 Å². The summed E-state index contributed by atoms with van der Waals surface area (Å²) in [6.07, 6.45) is 3.31. The number of hydrogen-bond acceptors (Lipinski definition) is 5. The summed E-state index contributed by atoms with van der Waals surface area (Å²) < 4.78 is 0. The standard InChI is InChI=1S/C19H15N3O2/c23-18-8-4-14(5-9-18)20-12-16-2-1-3-17(22-16)13-21-15-6-10-19(24)11-7-15/h1-13,23-24H. The van der Waals surface area contributed by atoms with Gasteiger partial charge in [-0.3, -0.25) is 9.98 Å². The number of hydrogen-bond donors (Lipinski definition) is 2. The second kappa shape index (κ2) is 7.19. The molecule has 2 N–H and O–H groups in total. The van der Waals surface area contributed by atoms with Crippen LogP contribution >= 0.6 is 0 Å². The zero-order valence-electron chi connectivity index (χ0n) is 12.7. The SMILES string of the molecule is Oc1ccc(N=Cc2cccc(C=Nc3ccc(O)cc3)n2)cc1. The van der Waals surface area contributed by atoms with Gasteiger partial charge in [0.1, 0.15) is 11.5 Å². The van der Waals surface area contributed by atoms with Crippen LogP contribution in [0.25, 0.3) is 0 Å². The Hall–Kier alpha value is -3.47. The van der Waals surface area contributed by atoms with Crippen molar-refractivity contribution in [3.63, 3.8) is 0 Å². The van der Waals surface area contributed by atoms with Crippen molar-refractivity contribution in [2.75, 3.05) is 0 Å². The van der Waals surface area contributed by atoms with Crippen molar-refractivity contribution in [1.29, 1.82) is 0 Å². The number of phenolic OH excluding ortho intramolecular Hbond substituents is 2. The van der Waals surface area contributed by atoms with Gasteiger partial charge in [-0.25, -0.2) is 4.98 Å². The highest BCUT2D eigenvalue weighted by molar-refractivity contribution is 5.84. The molecule has 0 spiro atoms. The third kappa shape index (κ3) is 4.27. The lowest BCUT2D eigenvalue weighted by Crippen LogP contribution is -1.92. The van der Waals surface area contributed by atoms with E-state index in [0.717, 1.165) is 11.4 Å². The summed E-state index contributed by atoms with van der Waals surface area (Å²) in [5.74, 6) is 0.416. The van der Waals surface area contributed by atoms with Crippen LogP contribution in [0, 0.1) is 0 Å². The molecule has 24 heavy (non-hydrogen) atoms. The van der Waals surface area contributed by atoms with Gasteiger partial charge in [0.15, 0.2) is 0 Å². The van der Waals surface area contributed by atoms with Crippen LogP contribution in [0.1, 0.15) is 11.4 Å². The number of aromatic hydroxyl groups is 2. The fraction of sp³-hybridized carbons (Fsp3) is 0. The number of rotatable bonds is 4. The largest absolute Gasteiger partial charge is 0.508 e. The van der Waals surface area contributed by atoms with Gasteiger partial charge in [0.25, 0.3) is 0 Å². The van der Waals surface area contributed by atoms with Crippen molar-refractivity contribution in [1.82, 2.24) is 4.98 Å². The van der Waals surface area contributed by atoms with E-state index < -0.39 is 0 Å². The van der Waals surface area contributed by atoms with Crippen LogP contribution in [-0.4, -0.2) is 27.6 Å². The molecule has 1 heterocycles. The van der Waals surface area contributed by atoms with Gasteiger partial charge in [0, 0.05) is 0 Å². The molecule has 0 amide bonds. The second-order valence-corrected chi connectivity index (χ2v) is 5.04. The number of pyridine rings is 1. The van der Waals surface area contributed by atoms with Crippen LogP contribution in [0.2, 0.25) is 0 Å². The highest BCUT2D eigenvalue weighted by Gasteiger charge is 1.95. The van der Waals surface area contributed by atoms with Gasteiger partial charge < -0.3 is 10.2 Å². The zero-order valence-corrected chi connectivity index (χ0v) is 12.7. The number of benzene rings is 2. The minimum absolute atomic E-state index is 0.208. The molecule has 5 nitrogen and oxygen atoms in total. The van der Waals surface area contributed by atoms with Crippen molar-refractivity contribution in [2.45, 2.75) is 0 Å². The van der Waals surface area contributed by atoms with Gasteiger partial charge in [-0.1, -0.05) is 6.07 Å². The summed E-state index contributed by atoms with van der Waals surface area (Å²) in [4.78, 5) is 13.1. The van der Waals surface area contributed by atoms with Crippen molar-refractivity contribution >= 4 is 23.8 Å². The Morgan fingerprint density at radius 2 is 1.04 bits per heavy atom. The molecule has 0 saturated heterocycles. The van der Waals surface area contributed by atoms with E-state index in [9.17, 15) is 10.2 Å². The number of aromatic nitrogens is 1. The van der Waals surface area contributed by atoms with Crippen molar-refractivity contribution in [3.8, 4) is 11.5 Å². The molecule has 0 aliphatic rings. The van der Waals surface area contributed by atoms with Crippen LogP contribution in [0.5, 0.6) is 11.5 Å². The van der Waals surface area contributed by atoms with Gasteiger partial charge in [0.05, 0.1) is 35.2 Å². The van der Waals surface area contributed by atoms with Gasteiger partial charge in [-0.2, -0.15) is 0 Å². The zero-order chi connectivity index (χ0) is 16.8. The summed E-state index contributed by atoms with van der Waals surface area (Å²) in [5, 5.41) is 18.5. The van der Waals surface area contributed by atoms with E-state index in [2.05, 4.69) is 15.0 Å². The van der Waals surface area contributed by atoms with E-state index >= 15 is 0 Å². The third-order valence-corrected chi connectivity index (χ3v) is 3.18. The van der Waals surface area contributed by atoms with E-state index in [4.69, 9.17) is 0 Å². The molecule has 0 unspecified atom stereocenters. The molecule has 0 atom stereocenters. The van der Waals surface area contributed by atoms with Gasteiger partial charge in [-0.15, -0.1) is 0 Å². The summed E-state index contributed by atoms with van der Waals surface area (Å²) in [6.45, 7) is 0. The lowest BCUT2D eigenvalue weighted by molar-refractivity contribution is 0.475. The van der Waals surface area contributed by atoms with Crippen molar-refractivity contribution < 1.29 is 10.2 Å². The second-order valence-electron chi connectivity index (χ2n) is 5.04. The van der Waals surface area contributed by atoms with E-state index in [1.54, 1.807) is 61.0 Å². The first-order chi connectivity index (χ1) is 11.7. The molecule has 0 aliphatic heterocycles. The predicted octanol–water partition coefficient (Wildman–Crippen LogP) is 3.99. The molecule has 0 saturated carbocycles. The topological polar surface area (TPSA) is 78.1 Å². The van der Waals surface area contributed by atoms with Crippen LogP contribution < -0.4 is 0 Å². The molecule has 118 valence electrons.